The average Bonchev–Trinajstić information content (AvgIpc) is 2.59. The predicted octanol–water partition coefficient (Wildman–Crippen LogP) is 2.60. The highest BCUT2D eigenvalue weighted by atomic mass is 16.5. The Bertz CT molecular complexity index is 548. The first-order valence-electron chi connectivity index (χ1n) is 9.34. The van der Waals surface area contributed by atoms with Crippen LogP contribution in [0.25, 0.3) is 0 Å². The third-order valence-electron chi connectivity index (χ3n) is 6.65. The van der Waals surface area contributed by atoms with Crippen LogP contribution in [0.15, 0.2) is 12.1 Å². The topological polar surface area (TPSA) is 44.3 Å². The van der Waals surface area contributed by atoms with Gasteiger partial charge in [0.15, 0.2) is 11.5 Å². The van der Waals surface area contributed by atoms with Crippen molar-refractivity contribution in [2.75, 3.05) is 21.3 Å². The van der Waals surface area contributed by atoms with Gasteiger partial charge >= 0.3 is 0 Å². The normalized spacial score (nSPS) is 33.5. The molecule has 24 heavy (non-hydrogen) atoms. The molecule has 1 aromatic carbocycles. The Morgan fingerprint density at radius 3 is 1.83 bits per heavy atom. The number of rotatable bonds is 6. The van der Waals surface area contributed by atoms with Crippen molar-refractivity contribution in [3.8, 4) is 17.2 Å². The van der Waals surface area contributed by atoms with E-state index in [2.05, 4.69) is 17.4 Å². The van der Waals surface area contributed by atoms with Crippen LogP contribution in [-0.2, 0) is 6.54 Å². The summed E-state index contributed by atoms with van der Waals surface area (Å²) in [5, 5.41) is 2.59. The Morgan fingerprint density at radius 2 is 1.38 bits per heavy atom. The minimum atomic E-state index is 0.679. The van der Waals surface area contributed by atoms with Crippen molar-refractivity contribution in [1.82, 2.24) is 0 Å². The molecule has 0 heterocycles. The third kappa shape index (κ3) is 2.75. The molecule has 0 amide bonds. The molecular weight excluding hydrogens is 302 g/mol. The smallest absolute Gasteiger partial charge is 0.203 e. The van der Waals surface area contributed by atoms with E-state index >= 15 is 0 Å². The molecule has 0 aromatic heterocycles. The zero-order valence-electron chi connectivity index (χ0n) is 15.1. The standard InChI is InChI=1S/C20H29NO3/c1-22-17-9-14(10-18(23-2)20(17)24-3)11-21-19-15-5-12-4-13(7-15)8-16(19)6-12/h9-10,12-13,15-16,19,21H,4-8,11H2,1-3H3/p+1. The van der Waals surface area contributed by atoms with Gasteiger partial charge in [0.1, 0.15) is 6.54 Å². The average molecular weight is 332 g/mol. The minimum absolute atomic E-state index is 0.679. The Morgan fingerprint density at radius 1 is 0.833 bits per heavy atom. The van der Waals surface area contributed by atoms with Gasteiger partial charge in [-0.05, 0) is 56.1 Å². The highest BCUT2D eigenvalue weighted by molar-refractivity contribution is 5.53. The van der Waals surface area contributed by atoms with Crippen LogP contribution >= 0.6 is 0 Å². The van der Waals surface area contributed by atoms with Crippen LogP contribution in [0.1, 0.15) is 37.7 Å². The van der Waals surface area contributed by atoms with Crippen molar-refractivity contribution in [1.29, 1.82) is 0 Å². The maximum absolute atomic E-state index is 5.49. The summed E-state index contributed by atoms with van der Waals surface area (Å²) >= 11 is 0. The summed E-state index contributed by atoms with van der Waals surface area (Å²) in [6, 6.07) is 5.00. The van der Waals surface area contributed by atoms with Gasteiger partial charge in [0, 0.05) is 17.4 Å². The third-order valence-corrected chi connectivity index (χ3v) is 6.65. The number of methoxy groups -OCH3 is 3. The van der Waals surface area contributed by atoms with Crippen LogP contribution in [0.3, 0.4) is 0 Å². The molecular formula is C20H30NO3+. The molecule has 4 nitrogen and oxygen atoms in total. The molecule has 2 N–H and O–H groups in total. The molecule has 4 aliphatic carbocycles. The number of hydrogen-bond acceptors (Lipinski definition) is 3. The van der Waals surface area contributed by atoms with E-state index in [0.29, 0.717) is 5.75 Å². The first kappa shape index (κ1) is 16.1. The molecule has 132 valence electrons. The predicted molar refractivity (Wildman–Crippen MR) is 92.6 cm³/mol. The SMILES string of the molecule is COc1cc(C[NH2+]C2C3CC4CC(C3)CC2C4)cc(OC)c1OC. The van der Waals surface area contributed by atoms with E-state index in [9.17, 15) is 0 Å². The first-order chi connectivity index (χ1) is 11.7. The van der Waals surface area contributed by atoms with E-state index in [0.717, 1.165) is 47.8 Å². The van der Waals surface area contributed by atoms with Gasteiger partial charge in [-0.2, -0.15) is 0 Å². The zero-order valence-corrected chi connectivity index (χ0v) is 15.1. The van der Waals surface area contributed by atoms with Gasteiger partial charge in [0.05, 0.1) is 27.4 Å². The lowest BCUT2D eigenvalue weighted by atomic mass is 9.54. The number of benzene rings is 1. The Kier molecular flexibility index (Phi) is 4.33. The molecule has 5 rings (SSSR count). The molecule has 4 fully saturated rings. The largest absolute Gasteiger partial charge is 0.493 e. The second kappa shape index (κ2) is 6.47. The Balaban J connectivity index is 1.48. The summed E-state index contributed by atoms with van der Waals surface area (Å²) in [6.07, 6.45) is 7.42. The molecule has 0 spiro atoms. The van der Waals surface area contributed by atoms with Crippen molar-refractivity contribution in [3.63, 3.8) is 0 Å². The van der Waals surface area contributed by atoms with Crippen LogP contribution in [0.2, 0.25) is 0 Å². The summed E-state index contributed by atoms with van der Waals surface area (Å²) in [7, 11) is 5.02. The fraction of sp³-hybridized carbons (Fsp3) is 0.700. The summed E-state index contributed by atoms with van der Waals surface area (Å²) < 4.78 is 16.4. The van der Waals surface area contributed by atoms with E-state index in [1.807, 2.05) is 0 Å². The number of ether oxygens (including phenoxy) is 3. The van der Waals surface area contributed by atoms with Crippen LogP contribution in [0.5, 0.6) is 17.2 Å². The summed E-state index contributed by atoms with van der Waals surface area (Å²) in [5.74, 6) is 6.16. The summed E-state index contributed by atoms with van der Waals surface area (Å²) in [4.78, 5) is 0. The van der Waals surface area contributed by atoms with E-state index in [1.54, 1.807) is 21.3 Å². The van der Waals surface area contributed by atoms with Crippen molar-refractivity contribution >= 4 is 0 Å². The quantitative estimate of drug-likeness (QED) is 0.871. The lowest BCUT2D eigenvalue weighted by molar-refractivity contribution is -0.723. The van der Waals surface area contributed by atoms with Crippen molar-refractivity contribution in [2.45, 2.75) is 44.7 Å². The molecule has 0 aliphatic heterocycles. The lowest BCUT2D eigenvalue weighted by Crippen LogP contribution is -2.93. The molecule has 0 radical (unpaired) electrons. The van der Waals surface area contributed by atoms with E-state index in [-0.39, 0.29) is 0 Å². The van der Waals surface area contributed by atoms with E-state index in [1.165, 1.54) is 37.7 Å². The van der Waals surface area contributed by atoms with E-state index < -0.39 is 0 Å². The van der Waals surface area contributed by atoms with Crippen molar-refractivity contribution < 1.29 is 19.5 Å². The van der Waals surface area contributed by atoms with Gasteiger partial charge in [0.25, 0.3) is 0 Å². The second-order valence-electron chi connectivity index (χ2n) is 7.98. The molecule has 4 heteroatoms. The zero-order chi connectivity index (χ0) is 16.7. The number of quaternary nitrogens is 1. The molecule has 1 aromatic rings. The van der Waals surface area contributed by atoms with Crippen LogP contribution in [0, 0.1) is 23.7 Å². The highest BCUT2D eigenvalue weighted by Crippen LogP contribution is 2.52. The molecule has 0 unspecified atom stereocenters. The van der Waals surface area contributed by atoms with Gasteiger partial charge in [-0.3, -0.25) is 0 Å². The fourth-order valence-electron chi connectivity index (χ4n) is 5.88. The van der Waals surface area contributed by atoms with Gasteiger partial charge in [0.2, 0.25) is 5.75 Å². The molecule has 0 saturated heterocycles. The van der Waals surface area contributed by atoms with Gasteiger partial charge in [-0.25, -0.2) is 0 Å². The molecule has 4 aliphatic rings. The Hall–Kier alpha value is -1.42. The molecule has 4 bridgehead atoms. The van der Waals surface area contributed by atoms with E-state index in [4.69, 9.17) is 14.2 Å². The van der Waals surface area contributed by atoms with Gasteiger partial charge in [-0.15, -0.1) is 0 Å². The maximum Gasteiger partial charge on any atom is 0.203 e. The number of hydrogen-bond donors (Lipinski definition) is 1. The molecule has 0 atom stereocenters. The van der Waals surface area contributed by atoms with Gasteiger partial charge in [-0.1, -0.05) is 0 Å². The highest BCUT2D eigenvalue weighted by Gasteiger charge is 2.50. The second-order valence-corrected chi connectivity index (χ2v) is 7.98. The number of nitrogens with two attached hydrogens (primary N) is 1. The monoisotopic (exact) mass is 332 g/mol. The summed E-state index contributed by atoms with van der Waals surface area (Å²) in [5.41, 5.74) is 1.25. The fourth-order valence-corrected chi connectivity index (χ4v) is 5.88. The Labute approximate surface area is 144 Å². The van der Waals surface area contributed by atoms with Crippen LogP contribution in [0.4, 0.5) is 0 Å². The summed E-state index contributed by atoms with van der Waals surface area (Å²) in [6.45, 7) is 0.990. The maximum atomic E-state index is 5.49. The van der Waals surface area contributed by atoms with Gasteiger partial charge < -0.3 is 19.5 Å². The van der Waals surface area contributed by atoms with Crippen LogP contribution < -0.4 is 19.5 Å². The first-order valence-corrected chi connectivity index (χ1v) is 9.34. The minimum Gasteiger partial charge on any atom is -0.493 e. The van der Waals surface area contributed by atoms with Crippen molar-refractivity contribution in [2.24, 2.45) is 23.7 Å². The lowest BCUT2D eigenvalue weighted by Gasteiger charge is -2.52. The van der Waals surface area contributed by atoms with Crippen molar-refractivity contribution in [3.05, 3.63) is 17.7 Å². The molecule has 4 saturated carbocycles. The van der Waals surface area contributed by atoms with Crippen LogP contribution in [-0.4, -0.2) is 27.4 Å².